The Morgan fingerprint density at radius 1 is 1.42 bits per heavy atom. The SMILES string of the molecule is C=C(/C=C\C)C1CCCNCC1. The van der Waals surface area contributed by atoms with Crippen molar-refractivity contribution in [1.82, 2.24) is 5.32 Å². The third kappa shape index (κ3) is 2.82. The average Bonchev–Trinajstić information content (AvgIpc) is 2.32. The van der Waals surface area contributed by atoms with Crippen molar-refractivity contribution in [2.45, 2.75) is 26.2 Å². The molecule has 1 saturated heterocycles. The van der Waals surface area contributed by atoms with Crippen LogP contribution in [0.4, 0.5) is 0 Å². The fourth-order valence-corrected chi connectivity index (χ4v) is 1.74. The van der Waals surface area contributed by atoms with E-state index in [1.807, 2.05) is 0 Å². The summed E-state index contributed by atoms with van der Waals surface area (Å²) in [5.41, 5.74) is 1.31. The minimum Gasteiger partial charge on any atom is -0.317 e. The van der Waals surface area contributed by atoms with Crippen LogP contribution in [0.2, 0.25) is 0 Å². The average molecular weight is 165 g/mol. The van der Waals surface area contributed by atoms with Crippen LogP contribution in [0.25, 0.3) is 0 Å². The van der Waals surface area contributed by atoms with Gasteiger partial charge in [-0.25, -0.2) is 0 Å². The molecule has 0 aromatic heterocycles. The normalized spacial score (nSPS) is 25.6. The lowest BCUT2D eigenvalue weighted by atomic mass is 9.93. The Balaban J connectivity index is 2.42. The highest BCUT2D eigenvalue weighted by Gasteiger charge is 2.12. The molecule has 1 N–H and O–H groups in total. The van der Waals surface area contributed by atoms with Crippen LogP contribution in [0.15, 0.2) is 24.3 Å². The van der Waals surface area contributed by atoms with Crippen molar-refractivity contribution < 1.29 is 0 Å². The molecule has 12 heavy (non-hydrogen) atoms. The molecule has 0 aromatic rings. The first-order valence-electron chi connectivity index (χ1n) is 4.87. The first-order chi connectivity index (χ1) is 5.84. The molecular formula is C11H19N. The molecule has 68 valence electrons. The van der Waals surface area contributed by atoms with Crippen LogP contribution in [0, 0.1) is 5.92 Å². The van der Waals surface area contributed by atoms with Crippen LogP contribution in [0.1, 0.15) is 26.2 Å². The molecule has 0 bridgehead atoms. The molecule has 1 aliphatic rings. The summed E-state index contributed by atoms with van der Waals surface area (Å²) in [6.07, 6.45) is 8.08. The van der Waals surface area contributed by atoms with Crippen LogP contribution >= 0.6 is 0 Å². The second kappa shape index (κ2) is 5.15. The van der Waals surface area contributed by atoms with Crippen molar-refractivity contribution in [3.05, 3.63) is 24.3 Å². The van der Waals surface area contributed by atoms with E-state index in [1.165, 1.54) is 31.4 Å². The van der Waals surface area contributed by atoms with E-state index in [4.69, 9.17) is 0 Å². The lowest BCUT2D eigenvalue weighted by molar-refractivity contribution is 0.557. The fourth-order valence-electron chi connectivity index (χ4n) is 1.74. The molecule has 1 nitrogen and oxygen atoms in total. The van der Waals surface area contributed by atoms with Gasteiger partial charge in [0, 0.05) is 0 Å². The summed E-state index contributed by atoms with van der Waals surface area (Å²) in [6, 6.07) is 0. The second-order valence-corrected chi connectivity index (χ2v) is 3.45. The number of allylic oxidation sites excluding steroid dienone is 3. The minimum absolute atomic E-state index is 0.719. The van der Waals surface area contributed by atoms with Crippen molar-refractivity contribution in [3.8, 4) is 0 Å². The van der Waals surface area contributed by atoms with E-state index in [0.29, 0.717) is 0 Å². The van der Waals surface area contributed by atoms with Crippen molar-refractivity contribution in [1.29, 1.82) is 0 Å². The minimum atomic E-state index is 0.719. The van der Waals surface area contributed by atoms with Gasteiger partial charge in [0.25, 0.3) is 0 Å². The molecule has 0 spiro atoms. The highest BCUT2D eigenvalue weighted by molar-refractivity contribution is 5.17. The Hall–Kier alpha value is -0.560. The summed E-state index contributed by atoms with van der Waals surface area (Å²) < 4.78 is 0. The summed E-state index contributed by atoms with van der Waals surface area (Å²) in [6.45, 7) is 8.49. The maximum atomic E-state index is 4.10. The summed E-state index contributed by atoms with van der Waals surface area (Å²) >= 11 is 0. The Bertz CT molecular complexity index is 162. The summed E-state index contributed by atoms with van der Waals surface area (Å²) in [4.78, 5) is 0. The molecule has 0 saturated carbocycles. The number of rotatable bonds is 2. The first-order valence-corrected chi connectivity index (χ1v) is 4.87. The zero-order valence-corrected chi connectivity index (χ0v) is 7.97. The summed E-state index contributed by atoms with van der Waals surface area (Å²) in [5.74, 6) is 0.719. The van der Waals surface area contributed by atoms with Crippen molar-refractivity contribution in [2.24, 2.45) is 5.92 Å². The van der Waals surface area contributed by atoms with Gasteiger partial charge in [-0.1, -0.05) is 24.3 Å². The largest absolute Gasteiger partial charge is 0.317 e. The van der Waals surface area contributed by atoms with E-state index in [2.05, 4.69) is 31.0 Å². The van der Waals surface area contributed by atoms with E-state index in [9.17, 15) is 0 Å². The summed E-state index contributed by atoms with van der Waals surface area (Å²) in [7, 11) is 0. The monoisotopic (exact) mass is 165 g/mol. The molecule has 1 heteroatoms. The van der Waals surface area contributed by atoms with Gasteiger partial charge in [0.05, 0.1) is 0 Å². The zero-order chi connectivity index (χ0) is 8.81. The van der Waals surface area contributed by atoms with Crippen molar-refractivity contribution in [2.75, 3.05) is 13.1 Å². The molecule has 1 aliphatic heterocycles. The van der Waals surface area contributed by atoms with Crippen molar-refractivity contribution >= 4 is 0 Å². The molecule has 0 radical (unpaired) electrons. The maximum Gasteiger partial charge on any atom is -0.00431 e. The van der Waals surface area contributed by atoms with Crippen LogP contribution < -0.4 is 5.32 Å². The third-order valence-electron chi connectivity index (χ3n) is 2.48. The van der Waals surface area contributed by atoms with Gasteiger partial charge in [0.1, 0.15) is 0 Å². The molecule has 1 atom stereocenters. The number of hydrogen-bond acceptors (Lipinski definition) is 1. The highest BCUT2D eigenvalue weighted by Crippen LogP contribution is 2.21. The smallest absolute Gasteiger partial charge is 0.00431 e. The van der Waals surface area contributed by atoms with E-state index in [0.717, 1.165) is 12.5 Å². The van der Waals surface area contributed by atoms with Crippen molar-refractivity contribution in [3.63, 3.8) is 0 Å². The topological polar surface area (TPSA) is 12.0 Å². The Labute approximate surface area is 75.6 Å². The van der Waals surface area contributed by atoms with E-state index >= 15 is 0 Å². The van der Waals surface area contributed by atoms with Gasteiger partial charge in [-0.05, 0) is 45.2 Å². The van der Waals surface area contributed by atoms with E-state index in [1.54, 1.807) is 0 Å². The number of hydrogen-bond donors (Lipinski definition) is 1. The summed E-state index contributed by atoms with van der Waals surface area (Å²) in [5, 5.41) is 3.41. The Kier molecular flexibility index (Phi) is 4.09. The lowest BCUT2D eigenvalue weighted by Crippen LogP contribution is -2.14. The van der Waals surface area contributed by atoms with Gasteiger partial charge in [0.2, 0.25) is 0 Å². The molecule has 1 rings (SSSR count). The van der Waals surface area contributed by atoms with Gasteiger partial charge in [-0.2, -0.15) is 0 Å². The van der Waals surface area contributed by atoms with Crippen LogP contribution in [-0.2, 0) is 0 Å². The van der Waals surface area contributed by atoms with Gasteiger partial charge in [0.15, 0.2) is 0 Å². The fraction of sp³-hybridized carbons (Fsp3) is 0.636. The molecule has 0 aromatic carbocycles. The quantitative estimate of drug-likeness (QED) is 0.620. The molecular weight excluding hydrogens is 146 g/mol. The highest BCUT2D eigenvalue weighted by atomic mass is 14.8. The van der Waals surface area contributed by atoms with Crippen LogP contribution in [0.5, 0.6) is 0 Å². The van der Waals surface area contributed by atoms with Gasteiger partial charge >= 0.3 is 0 Å². The van der Waals surface area contributed by atoms with Crippen LogP contribution in [-0.4, -0.2) is 13.1 Å². The predicted octanol–water partition coefficient (Wildman–Crippen LogP) is 2.51. The van der Waals surface area contributed by atoms with Crippen LogP contribution in [0.3, 0.4) is 0 Å². The second-order valence-electron chi connectivity index (χ2n) is 3.45. The third-order valence-corrected chi connectivity index (χ3v) is 2.48. The zero-order valence-electron chi connectivity index (χ0n) is 7.97. The molecule has 1 heterocycles. The first kappa shape index (κ1) is 9.53. The predicted molar refractivity (Wildman–Crippen MR) is 54.2 cm³/mol. The molecule has 1 fully saturated rings. The van der Waals surface area contributed by atoms with Gasteiger partial charge in [-0.3, -0.25) is 0 Å². The Morgan fingerprint density at radius 2 is 2.25 bits per heavy atom. The lowest BCUT2D eigenvalue weighted by Gasteiger charge is -2.13. The molecule has 0 amide bonds. The maximum absolute atomic E-state index is 4.10. The van der Waals surface area contributed by atoms with E-state index in [-0.39, 0.29) is 0 Å². The molecule has 1 unspecified atom stereocenters. The Morgan fingerprint density at radius 3 is 3.00 bits per heavy atom. The molecule has 0 aliphatic carbocycles. The standard InChI is InChI=1S/C11H19N/c1-3-5-10(2)11-6-4-8-12-9-7-11/h3,5,11-12H,2,4,6-9H2,1H3/b5-3-. The number of nitrogens with one attached hydrogen (secondary N) is 1. The van der Waals surface area contributed by atoms with Gasteiger partial charge in [-0.15, -0.1) is 0 Å². The van der Waals surface area contributed by atoms with E-state index < -0.39 is 0 Å². The van der Waals surface area contributed by atoms with Gasteiger partial charge < -0.3 is 5.32 Å².